The molecule has 0 spiro atoms. The molecule has 2 aromatic rings. The van der Waals surface area contributed by atoms with Gasteiger partial charge in [0.15, 0.2) is 0 Å². The van der Waals surface area contributed by atoms with E-state index in [9.17, 15) is 4.79 Å². The number of halogens is 1. The second-order valence-corrected chi connectivity index (χ2v) is 4.50. The summed E-state index contributed by atoms with van der Waals surface area (Å²) in [7, 11) is 0. The normalized spacial score (nSPS) is 10.3. The maximum absolute atomic E-state index is 11.7. The molecular formula is C11H9IN2O2. The quantitative estimate of drug-likeness (QED) is 0.852. The van der Waals surface area contributed by atoms with Crippen LogP contribution in [-0.2, 0) is 6.54 Å². The first-order valence-corrected chi connectivity index (χ1v) is 5.72. The highest BCUT2D eigenvalue weighted by Gasteiger charge is 2.01. The standard InChI is InChI=1S/C11H9IN2O2/c12-10-5-13-7-14(11(10)16)6-8-1-3-9(15)4-2-8/h1-5,7,15H,6H2. The first-order valence-electron chi connectivity index (χ1n) is 4.64. The summed E-state index contributed by atoms with van der Waals surface area (Å²) in [4.78, 5) is 15.7. The molecule has 1 heterocycles. The highest BCUT2D eigenvalue weighted by molar-refractivity contribution is 14.1. The van der Waals surface area contributed by atoms with Crippen LogP contribution in [0.2, 0.25) is 0 Å². The lowest BCUT2D eigenvalue weighted by atomic mass is 10.2. The van der Waals surface area contributed by atoms with Crippen molar-refractivity contribution in [3.05, 3.63) is 56.3 Å². The minimum Gasteiger partial charge on any atom is -0.508 e. The molecule has 16 heavy (non-hydrogen) atoms. The molecule has 0 aliphatic carbocycles. The highest BCUT2D eigenvalue weighted by Crippen LogP contribution is 2.10. The Balaban J connectivity index is 2.31. The fourth-order valence-electron chi connectivity index (χ4n) is 1.33. The number of aromatic nitrogens is 2. The van der Waals surface area contributed by atoms with Gasteiger partial charge in [0.1, 0.15) is 5.75 Å². The molecule has 0 aliphatic heterocycles. The van der Waals surface area contributed by atoms with Gasteiger partial charge in [-0.15, -0.1) is 0 Å². The Labute approximate surface area is 106 Å². The van der Waals surface area contributed by atoms with Gasteiger partial charge in [-0.3, -0.25) is 9.36 Å². The van der Waals surface area contributed by atoms with Gasteiger partial charge >= 0.3 is 0 Å². The number of aromatic hydroxyl groups is 1. The molecule has 0 radical (unpaired) electrons. The molecule has 0 unspecified atom stereocenters. The Kier molecular flexibility index (Phi) is 3.23. The number of phenolic OH excluding ortho intramolecular Hbond substituents is 1. The van der Waals surface area contributed by atoms with Crippen molar-refractivity contribution >= 4 is 22.6 Å². The number of rotatable bonds is 2. The Morgan fingerprint density at radius 1 is 1.31 bits per heavy atom. The van der Waals surface area contributed by atoms with Crippen molar-refractivity contribution in [1.29, 1.82) is 0 Å². The lowest BCUT2D eigenvalue weighted by Gasteiger charge is -2.05. The zero-order chi connectivity index (χ0) is 11.5. The molecular weight excluding hydrogens is 319 g/mol. The van der Waals surface area contributed by atoms with Crippen molar-refractivity contribution in [2.24, 2.45) is 0 Å². The Hall–Kier alpha value is -1.37. The van der Waals surface area contributed by atoms with Crippen LogP contribution in [-0.4, -0.2) is 14.7 Å². The van der Waals surface area contributed by atoms with Gasteiger partial charge in [-0.2, -0.15) is 0 Å². The molecule has 0 atom stereocenters. The molecule has 1 N–H and O–H groups in total. The monoisotopic (exact) mass is 328 g/mol. The molecule has 0 aliphatic rings. The largest absolute Gasteiger partial charge is 0.508 e. The minimum absolute atomic E-state index is 0.0522. The van der Waals surface area contributed by atoms with Crippen molar-refractivity contribution in [3.63, 3.8) is 0 Å². The fourth-order valence-corrected chi connectivity index (χ4v) is 1.81. The molecule has 82 valence electrons. The summed E-state index contributed by atoms with van der Waals surface area (Å²) in [6.07, 6.45) is 3.05. The number of hydrogen-bond acceptors (Lipinski definition) is 3. The lowest BCUT2D eigenvalue weighted by molar-refractivity contribution is 0.475. The SMILES string of the molecule is O=c1c(I)cncn1Cc1ccc(O)cc1. The third-order valence-corrected chi connectivity index (χ3v) is 2.89. The van der Waals surface area contributed by atoms with Gasteiger partial charge in [-0.25, -0.2) is 4.98 Å². The van der Waals surface area contributed by atoms with Crippen molar-refractivity contribution in [2.75, 3.05) is 0 Å². The predicted molar refractivity (Wildman–Crippen MR) is 68.4 cm³/mol. The predicted octanol–water partition coefficient (Wildman–Crippen LogP) is 1.60. The maximum Gasteiger partial charge on any atom is 0.267 e. The second-order valence-electron chi connectivity index (χ2n) is 3.34. The summed E-state index contributed by atoms with van der Waals surface area (Å²) in [6, 6.07) is 6.76. The van der Waals surface area contributed by atoms with E-state index in [4.69, 9.17) is 5.11 Å². The van der Waals surface area contributed by atoms with E-state index in [0.717, 1.165) is 5.56 Å². The molecule has 0 amide bonds. The lowest BCUT2D eigenvalue weighted by Crippen LogP contribution is -2.22. The average molecular weight is 328 g/mol. The first kappa shape index (κ1) is 11.1. The molecule has 0 bridgehead atoms. The van der Waals surface area contributed by atoms with E-state index >= 15 is 0 Å². The van der Waals surface area contributed by atoms with Crippen LogP contribution in [0.15, 0.2) is 41.6 Å². The number of nitrogens with zero attached hydrogens (tertiary/aromatic N) is 2. The summed E-state index contributed by atoms with van der Waals surface area (Å²) in [5.41, 5.74) is 0.896. The summed E-state index contributed by atoms with van der Waals surface area (Å²) >= 11 is 1.96. The van der Waals surface area contributed by atoms with Gasteiger partial charge < -0.3 is 5.11 Å². The van der Waals surface area contributed by atoms with Gasteiger partial charge in [0.25, 0.3) is 5.56 Å². The van der Waals surface area contributed by atoms with Crippen LogP contribution >= 0.6 is 22.6 Å². The van der Waals surface area contributed by atoms with Crippen molar-refractivity contribution in [2.45, 2.75) is 6.54 Å². The van der Waals surface area contributed by atoms with Gasteiger partial charge in [0.2, 0.25) is 0 Å². The zero-order valence-corrected chi connectivity index (χ0v) is 10.5. The second kappa shape index (κ2) is 4.65. The van der Waals surface area contributed by atoms with Crippen molar-refractivity contribution in [3.8, 4) is 5.75 Å². The maximum atomic E-state index is 11.7. The van der Waals surface area contributed by atoms with Crippen molar-refractivity contribution < 1.29 is 5.11 Å². The molecule has 4 nitrogen and oxygen atoms in total. The van der Waals surface area contributed by atoms with E-state index in [1.165, 1.54) is 17.1 Å². The topological polar surface area (TPSA) is 55.1 Å². The Morgan fingerprint density at radius 3 is 2.69 bits per heavy atom. The fraction of sp³-hybridized carbons (Fsp3) is 0.0909. The van der Waals surface area contributed by atoms with E-state index in [-0.39, 0.29) is 11.3 Å². The van der Waals surface area contributed by atoms with Crippen LogP contribution < -0.4 is 5.56 Å². The summed E-state index contributed by atoms with van der Waals surface area (Å²) in [5, 5.41) is 9.14. The minimum atomic E-state index is -0.0522. The van der Waals surface area contributed by atoms with Crippen LogP contribution in [0, 0.1) is 3.57 Å². The molecule has 2 rings (SSSR count). The highest BCUT2D eigenvalue weighted by atomic mass is 127. The van der Waals surface area contributed by atoms with Crippen LogP contribution in [0.3, 0.4) is 0 Å². The number of phenols is 1. The Morgan fingerprint density at radius 2 is 2.00 bits per heavy atom. The third-order valence-electron chi connectivity index (χ3n) is 2.15. The van der Waals surface area contributed by atoms with Crippen LogP contribution in [0.25, 0.3) is 0 Å². The summed E-state index contributed by atoms with van der Waals surface area (Å²) in [6.45, 7) is 0.461. The van der Waals surface area contributed by atoms with Crippen molar-refractivity contribution in [1.82, 2.24) is 9.55 Å². The van der Waals surface area contributed by atoms with Crippen LogP contribution in [0.1, 0.15) is 5.56 Å². The summed E-state index contributed by atoms with van der Waals surface area (Å²) in [5.74, 6) is 0.219. The average Bonchev–Trinajstić information content (AvgIpc) is 2.28. The smallest absolute Gasteiger partial charge is 0.267 e. The van der Waals surface area contributed by atoms with E-state index < -0.39 is 0 Å². The van der Waals surface area contributed by atoms with Crippen LogP contribution in [0.4, 0.5) is 0 Å². The summed E-state index contributed by atoms with van der Waals surface area (Å²) < 4.78 is 2.13. The number of hydrogen-bond donors (Lipinski definition) is 1. The number of benzene rings is 1. The molecule has 1 aromatic carbocycles. The molecule has 5 heteroatoms. The Bertz CT molecular complexity index is 549. The van der Waals surface area contributed by atoms with E-state index in [1.807, 2.05) is 22.6 Å². The van der Waals surface area contributed by atoms with E-state index in [1.54, 1.807) is 24.3 Å². The van der Waals surface area contributed by atoms with Gasteiger partial charge in [0, 0.05) is 6.20 Å². The van der Waals surface area contributed by atoms with Crippen LogP contribution in [0.5, 0.6) is 5.75 Å². The van der Waals surface area contributed by atoms with Gasteiger partial charge in [-0.05, 0) is 40.3 Å². The first-order chi connectivity index (χ1) is 7.66. The third kappa shape index (κ3) is 2.41. The molecule has 0 saturated carbocycles. The van der Waals surface area contributed by atoms with E-state index in [0.29, 0.717) is 10.1 Å². The zero-order valence-electron chi connectivity index (χ0n) is 8.30. The van der Waals surface area contributed by atoms with Gasteiger partial charge in [0.05, 0.1) is 16.4 Å². The molecule has 0 saturated heterocycles. The van der Waals surface area contributed by atoms with E-state index in [2.05, 4.69) is 4.98 Å². The molecule has 0 fully saturated rings. The molecule has 1 aromatic heterocycles. The van der Waals surface area contributed by atoms with Gasteiger partial charge in [-0.1, -0.05) is 12.1 Å².